The van der Waals surface area contributed by atoms with Gasteiger partial charge in [0.05, 0.1) is 0 Å². The van der Waals surface area contributed by atoms with Crippen molar-refractivity contribution in [2.75, 3.05) is 0 Å². The molecule has 0 radical (unpaired) electrons. The van der Waals surface area contributed by atoms with E-state index in [0.717, 1.165) is 5.56 Å². The highest BCUT2D eigenvalue weighted by Crippen LogP contribution is 2.13. The molecule has 0 spiro atoms. The van der Waals surface area contributed by atoms with Crippen LogP contribution >= 0.6 is 23.2 Å². The Labute approximate surface area is 85.9 Å². The fraction of sp³-hybridized carbons (Fsp3) is 0. The van der Waals surface area contributed by atoms with Crippen molar-refractivity contribution in [1.82, 2.24) is 0 Å². The van der Waals surface area contributed by atoms with E-state index in [2.05, 4.69) is 0 Å². The van der Waals surface area contributed by atoms with Gasteiger partial charge in [-0.15, -0.1) is 0 Å². The minimum atomic E-state index is -0.642. The van der Waals surface area contributed by atoms with Crippen LogP contribution in [0.3, 0.4) is 0 Å². The number of rotatable bonds is 2. The number of carbonyl (C=O) groups excluding carboxylic acids is 1. The Kier molecular flexibility index (Phi) is 3.34. The molecular formula is C9H7Cl2NO. The molecule has 1 rings (SSSR count). The first kappa shape index (κ1) is 10.1. The van der Waals surface area contributed by atoms with Gasteiger partial charge in [0.2, 0.25) is 0 Å². The minimum absolute atomic E-state index is 0.00215. The zero-order valence-electron chi connectivity index (χ0n) is 6.63. The Morgan fingerprint density at radius 2 is 1.85 bits per heavy atom. The molecule has 1 aromatic rings. The van der Waals surface area contributed by atoms with Crippen LogP contribution in [0.4, 0.5) is 0 Å². The largest absolute Gasteiger partial charge is 0.365 e. The normalized spacial score (nSPS) is 11.4. The molecule has 0 atom stereocenters. The van der Waals surface area contributed by atoms with Gasteiger partial charge in [-0.3, -0.25) is 4.79 Å². The molecule has 0 unspecified atom stereocenters. The van der Waals surface area contributed by atoms with E-state index in [9.17, 15) is 4.79 Å². The number of benzene rings is 1. The van der Waals surface area contributed by atoms with Crippen molar-refractivity contribution in [2.45, 2.75) is 0 Å². The van der Waals surface area contributed by atoms with E-state index in [1.54, 1.807) is 24.3 Å². The van der Waals surface area contributed by atoms with Gasteiger partial charge in [-0.05, 0) is 23.8 Å². The second-order valence-electron chi connectivity index (χ2n) is 2.41. The molecule has 13 heavy (non-hydrogen) atoms. The van der Waals surface area contributed by atoms with Crippen LogP contribution in [-0.4, -0.2) is 5.91 Å². The van der Waals surface area contributed by atoms with Crippen LogP contribution in [0.5, 0.6) is 0 Å². The van der Waals surface area contributed by atoms with E-state index in [4.69, 9.17) is 28.9 Å². The van der Waals surface area contributed by atoms with Gasteiger partial charge >= 0.3 is 0 Å². The van der Waals surface area contributed by atoms with Gasteiger partial charge in [-0.2, -0.15) is 0 Å². The topological polar surface area (TPSA) is 43.1 Å². The summed E-state index contributed by atoms with van der Waals surface area (Å²) in [5, 5.41) is 0.634. The second-order valence-corrected chi connectivity index (χ2v) is 3.25. The lowest BCUT2D eigenvalue weighted by Gasteiger charge is -1.94. The first-order valence-corrected chi connectivity index (χ1v) is 4.28. The quantitative estimate of drug-likeness (QED) is 0.757. The maximum atomic E-state index is 10.6. The maximum absolute atomic E-state index is 10.6. The third-order valence-electron chi connectivity index (χ3n) is 1.40. The molecule has 0 aromatic heterocycles. The Morgan fingerprint density at radius 3 is 2.31 bits per heavy atom. The van der Waals surface area contributed by atoms with Gasteiger partial charge in [0, 0.05) is 5.02 Å². The van der Waals surface area contributed by atoms with Gasteiger partial charge in [0.15, 0.2) is 0 Å². The van der Waals surface area contributed by atoms with E-state index >= 15 is 0 Å². The zero-order valence-corrected chi connectivity index (χ0v) is 8.14. The fourth-order valence-corrected chi connectivity index (χ4v) is 1.03. The molecule has 2 nitrogen and oxygen atoms in total. The van der Waals surface area contributed by atoms with Crippen molar-refractivity contribution in [2.24, 2.45) is 5.73 Å². The van der Waals surface area contributed by atoms with Crippen LogP contribution in [0.15, 0.2) is 29.3 Å². The Bertz CT molecular complexity index is 343. The molecule has 4 heteroatoms. The molecular weight excluding hydrogens is 209 g/mol. The first-order valence-electron chi connectivity index (χ1n) is 3.52. The number of hydrogen-bond donors (Lipinski definition) is 1. The average Bonchev–Trinajstić information content (AvgIpc) is 2.08. The molecule has 0 heterocycles. The van der Waals surface area contributed by atoms with E-state index in [0.29, 0.717) is 5.02 Å². The zero-order chi connectivity index (χ0) is 9.84. The van der Waals surface area contributed by atoms with Gasteiger partial charge in [0.25, 0.3) is 5.91 Å². The minimum Gasteiger partial charge on any atom is -0.365 e. The molecule has 1 amide bonds. The SMILES string of the molecule is NC(=O)C(Cl)=Cc1ccc(Cl)cc1. The molecule has 0 aliphatic rings. The lowest BCUT2D eigenvalue weighted by molar-refractivity contribution is -0.113. The maximum Gasteiger partial charge on any atom is 0.260 e. The van der Waals surface area contributed by atoms with E-state index in [-0.39, 0.29) is 5.03 Å². The molecule has 0 aliphatic carbocycles. The fourth-order valence-electron chi connectivity index (χ4n) is 0.776. The van der Waals surface area contributed by atoms with E-state index in [1.165, 1.54) is 6.08 Å². The molecule has 0 saturated heterocycles. The third-order valence-corrected chi connectivity index (χ3v) is 1.95. The lowest BCUT2D eigenvalue weighted by Crippen LogP contribution is -2.09. The summed E-state index contributed by atoms with van der Waals surface area (Å²) in [7, 11) is 0. The van der Waals surface area contributed by atoms with Crippen molar-refractivity contribution in [1.29, 1.82) is 0 Å². The Morgan fingerprint density at radius 1 is 1.31 bits per heavy atom. The van der Waals surface area contributed by atoms with Crippen LogP contribution in [0.2, 0.25) is 5.02 Å². The highest BCUT2D eigenvalue weighted by molar-refractivity contribution is 6.43. The van der Waals surface area contributed by atoms with E-state index in [1.807, 2.05) is 0 Å². The van der Waals surface area contributed by atoms with Crippen molar-refractivity contribution in [3.8, 4) is 0 Å². The molecule has 0 saturated carbocycles. The van der Waals surface area contributed by atoms with Crippen LogP contribution in [0.25, 0.3) is 6.08 Å². The number of carbonyl (C=O) groups is 1. The van der Waals surface area contributed by atoms with Crippen LogP contribution in [-0.2, 0) is 4.79 Å². The molecule has 2 N–H and O–H groups in total. The molecule has 1 aromatic carbocycles. The van der Waals surface area contributed by atoms with Crippen molar-refractivity contribution >= 4 is 35.2 Å². The monoisotopic (exact) mass is 215 g/mol. The summed E-state index contributed by atoms with van der Waals surface area (Å²) >= 11 is 11.2. The third kappa shape index (κ3) is 3.09. The van der Waals surface area contributed by atoms with Crippen LogP contribution in [0.1, 0.15) is 5.56 Å². The predicted octanol–water partition coefficient (Wildman–Crippen LogP) is 2.41. The smallest absolute Gasteiger partial charge is 0.260 e. The summed E-state index contributed by atoms with van der Waals surface area (Å²) in [6.07, 6.45) is 1.49. The van der Waals surface area contributed by atoms with Gasteiger partial charge < -0.3 is 5.73 Å². The first-order chi connectivity index (χ1) is 6.09. The molecule has 0 fully saturated rings. The lowest BCUT2D eigenvalue weighted by atomic mass is 10.2. The summed E-state index contributed by atoms with van der Waals surface area (Å²) in [6, 6.07) is 6.90. The predicted molar refractivity (Wildman–Crippen MR) is 54.5 cm³/mol. The number of halogens is 2. The molecule has 68 valence electrons. The van der Waals surface area contributed by atoms with Gasteiger partial charge in [-0.1, -0.05) is 35.3 Å². The molecule has 0 aliphatic heterocycles. The van der Waals surface area contributed by atoms with Gasteiger partial charge in [-0.25, -0.2) is 0 Å². The summed E-state index contributed by atoms with van der Waals surface area (Å²) in [5.41, 5.74) is 5.73. The van der Waals surface area contributed by atoms with Crippen molar-refractivity contribution in [3.05, 3.63) is 39.9 Å². The highest BCUT2D eigenvalue weighted by atomic mass is 35.5. The molecule has 0 bridgehead atoms. The standard InChI is InChI=1S/C9H7Cl2NO/c10-7-3-1-6(2-4-7)5-8(11)9(12)13/h1-5H,(H2,12,13). The summed E-state index contributed by atoms with van der Waals surface area (Å²) < 4.78 is 0. The number of hydrogen-bond acceptors (Lipinski definition) is 1. The Hall–Kier alpha value is -0.990. The number of amides is 1. The van der Waals surface area contributed by atoms with Gasteiger partial charge in [0.1, 0.15) is 5.03 Å². The second kappa shape index (κ2) is 4.30. The summed E-state index contributed by atoms with van der Waals surface area (Å²) in [6.45, 7) is 0. The number of nitrogens with two attached hydrogens (primary N) is 1. The van der Waals surface area contributed by atoms with Crippen molar-refractivity contribution < 1.29 is 4.79 Å². The van der Waals surface area contributed by atoms with E-state index < -0.39 is 5.91 Å². The van der Waals surface area contributed by atoms with Crippen LogP contribution in [0, 0.1) is 0 Å². The van der Waals surface area contributed by atoms with Crippen LogP contribution < -0.4 is 5.73 Å². The Balaban J connectivity index is 2.92. The summed E-state index contributed by atoms with van der Waals surface area (Å²) in [5.74, 6) is -0.642. The number of primary amides is 1. The average molecular weight is 216 g/mol. The van der Waals surface area contributed by atoms with Crippen molar-refractivity contribution in [3.63, 3.8) is 0 Å². The summed E-state index contributed by atoms with van der Waals surface area (Å²) in [4.78, 5) is 10.6. The highest BCUT2D eigenvalue weighted by Gasteiger charge is 1.99.